The van der Waals surface area contributed by atoms with E-state index in [-0.39, 0.29) is 0 Å². The molecule has 0 aliphatic rings. The molecule has 0 unspecified atom stereocenters. The van der Waals surface area contributed by atoms with Gasteiger partial charge in [0.05, 0.1) is 0 Å². The van der Waals surface area contributed by atoms with Crippen molar-refractivity contribution in [2.24, 2.45) is 0 Å². The number of pyridine rings is 1. The van der Waals surface area contributed by atoms with Gasteiger partial charge in [-0.25, -0.2) is 0 Å². The molecule has 0 saturated carbocycles. The highest BCUT2D eigenvalue weighted by Gasteiger charge is 1.94. The Morgan fingerprint density at radius 3 is 2.46 bits per heavy atom. The molecule has 1 aromatic rings. The monoisotopic (exact) mass is 176 g/mol. The van der Waals surface area contributed by atoms with Crippen LogP contribution >= 0.6 is 0 Å². The third-order valence-corrected chi connectivity index (χ3v) is 1.33. The first-order chi connectivity index (χ1) is 6.20. The van der Waals surface area contributed by atoms with Gasteiger partial charge < -0.3 is 9.90 Å². The molecule has 0 spiro atoms. The summed E-state index contributed by atoms with van der Waals surface area (Å²) in [5, 5.41) is 10.00. The van der Waals surface area contributed by atoms with E-state index in [0.29, 0.717) is 5.56 Å². The lowest BCUT2D eigenvalue weighted by molar-refractivity contribution is -0.299. The van der Waals surface area contributed by atoms with Crippen molar-refractivity contribution in [2.45, 2.75) is 0 Å². The van der Waals surface area contributed by atoms with Crippen LogP contribution in [-0.4, -0.2) is 16.7 Å². The number of aromatic nitrogens is 1. The van der Waals surface area contributed by atoms with E-state index in [9.17, 15) is 14.7 Å². The molecule has 0 N–H and O–H groups in total. The van der Waals surface area contributed by atoms with Crippen LogP contribution < -0.4 is 5.11 Å². The number of carboxylic acid groups (broad SMARTS) is 1. The van der Waals surface area contributed by atoms with Gasteiger partial charge in [-0.2, -0.15) is 0 Å². The van der Waals surface area contributed by atoms with Crippen LogP contribution in [-0.2, 0) is 9.59 Å². The highest BCUT2D eigenvalue weighted by Crippen LogP contribution is 1.98. The molecular formula is C9H6NO3-. The number of hydrogen-bond donors (Lipinski definition) is 0. The standard InChI is InChI=1S/C9H7NO3/c11-8(9(12)13)2-1-7-3-5-10-6-4-7/h1-6H,(H,12,13)/p-1/b2-1+. The van der Waals surface area contributed by atoms with Crippen molar-refractivity contribution in [3.63, 3.8) is 0 Å². The van der Waals surface area contributed by atoms with Gasteiger partial charge in [-0.1, -0.05) is 6.08 Å². The molecule has 0 aliphatic heterocycles. The molecule has 0 radical (unpaired) electrons. The van der Waals surface area contributed by atoms with Crippen molar-refractivity contribution < 1.29 is 14.7 Å². The van der Waals surface area contributed by atoms with Gasteiger partial charge in [0.1, 0.15) is 5.97 Å². The van der Waals surface area contributed by atoms with Crippen molar-refractivity contribution >= 4 is 17.8 Å². The van der Waals surface area contributed by atoms with Crippen LogP contribution in [0.5, 0.6) is 0 Å². The van der Waals surface area contributed by atoms with E-state index in [1.165, 1.54) is 6.08 Å². The topological polar surface area (TPSA) is 70.1 Å². The largest absolute Gasteiger partial charge is 0.541 e. The van der Waals surface area contributed by atoms with Crippen LogP contribution in [0.4, 0.5) is 0 Å². The lowest BCUT2D eigenvalue weighted by atomic mass is 10.2. The number of carboxylic acids is 1. The number of carbonyl (C=O) groups is 2. The Labute approximate surface area is 74.5 Å². The van der Waals surface area contributed by atoms with Crippen molar-refractivity contribution in [1.29, 1.82) is 0 Å². The minimum absolute atomic E-state index is 0.713. The van der Waals surface area contributed by atoms with Crippen LogP contribution in [0.1, 0.15) is 5.56 Å². The molecule has 0 amide bonds. The Morgan fingerprint density at radius 2 is 1.92 bits per heavy atom. The maximum absolute atomic E-state index is 10.6. The van der Waals surface area contributed by atoms with Crippen molar-refractivity contribution in [3.8, 4) is 0 Å². The van der Waals surface area contributed by atoms with Crippen LogP contribution in [0.3, 0.4) is 0 Å². The van der Waals surface area contributed by atoms with E-state index in [0.717, 1.165) is 6.08 Å². The van der Waals surface area contributed by atoms with E-state index < -0.39 is 11.8 Å². The maximum Gasteiger partial charge on any atom is 0.201 e. The summed E-state index contributed by atoms with van der Waals surface area (Å²) in [5.41, 5.74) is 0.713. The number of rotatable bonds is 3. The summed E-state index contributed by atoms with van der Waals surface area (Å²) in [6.45, 7) is 0. The first-order valence-electron chi connectivity index (χ1n) is 3.53. The average Bonchev–Trinajstić information content (AvgIpc) is 2.15. The molecule has 13 heavy (non-hydrogen) atoms. The number of aliphatic carboxylic acids is 1. The Morgan fingerprint density at radius 1 is 1.31 bits per heavy atom. The summed E-state index contributed by atoms with van der Waals surface area (Å²) in [6.07, 6.45) is 5.43. The second kappa shape index (κ2) is 4.15. The normalized spacial score (nSPS) is 10.2. The fourth-order valence-corrected chi connectivity index (χ4v) is 0.715. The highest BCUT2D eigenvalue weighted by molar-refractivity contribution is 6.37. The molecule has 1 aromatic heterocycles. The molecular weight excluding hydrogens is 170 g/mol. The van der Waals surface area contributed by atoms with Gasteiger partial charge in [0.15, 0.2) is 0 Å². The van der Waals surface area contributed by atoms with Crippen LogP contribution in [0.25, 0.3) is 6.08 Å². The molecule has 4 nitrogen and oxygen atoms in total. The fourth-order valence-electron chi connectivity index (χ4n) is 0.715. The first kappa shape index (κ1) is 9.12. The third kappa shape index (κ3) is 2.86. The predicted octanol–water partition coefficient (Wildman–Crippen LogP) is -0.586. The van der Waals surface area contributed by atoms with Gasteiger partial charge in [0.25, 0.3) is 0 Å². The molecule has 0 atom stereocenters. The van der Waals surface area contributed by atoms with E-state index >= 15 is 0 Å². The predicted molar refractivity (Wildman–Crippen MR) is 43.3 cm³/mol. The van der Waals surface area contributed by atoms with Gasteiger partial charge in [0.2, 0.25) is 5.78 Å². The van der Waals surface area contributed by atoms with Crippen molar-refractivity contribution in [3.05, 3.63) is 36.2 Å². The van der Waals surface area contributed by atoms with Crippen LogP contribution in [0, 0.1) is 0 Å². The molecule has 0 saturated heterocycles. The molecule has 66 valence electrons. The molecule has 0 bridgehead atoms. The summed E-state index contributed by atoms with van der Waals surface area (Å²) in [6, 6.07) is 3.30. The zero-order valence-electron chi connectivity index (χ0n) is 6.64. The van der Waals surface area contributed by atoms with E-state index in [2.05, 4.69) is 4.98 Å². The lowest BCUT2D eigenvalue weighted by Crippen LogP contribution is -2.29. The second-order valence-electron chi connectivity index (χ2n) is 2.27. The zero-order valence-corrected chi connectivity index (χ0v) is 6.64. The van der Waals surface area contributed by atoms with E-state index in [4.69, 9.17) is 0 Å². The molecule has 0 aliphatic carbocycles. The van der Waals surface area contributed by atoms with E-state index in [1.54, 1.807) is 24.5 Å². The van der Waals surface area contributed by atoms with Gasteiger partial charge in [-0.05, 0) is 23.8 Å². The molecule has 1 heterocycles. The Kier molecular flexibility index (Phi) is 2.92. The number of ketones is 1. The minimum atomic E-state index is -1.70. The average molecular weight is 176 g/mol. The van der Waals surface area contributed by atoms with Crippen molar-refractivity contribution in [2.75, 3.05) is 0 Å². The van der Waals surface area contributed by atoms with Crippen LogP contribution in [0.15, 0.2) is 30.6 Å². The Bertz CT molecular complexity index is 343. The summed E-state index contributed by atoms with van der Waals surface area (Å²) in [5.74, 6) is -2.75. The number of hydrogen-bond acceptors (Lipinski definition) is 4. The minimum Gasteiger partial charge on any atom is -0.541 e. The fraction of sp³-hybridized carbons (Fsp3) is 0. The Balaban J connectivity index is 2.70. The van der Waals surface area contributed by atoms with E-state index in [1.807, 2.05) is 0 Å². The van der Waals surface area contributed by atoms with Gasteiger partial charge >= 0.3 is 0 Å². The second-order valence-corrected chi connectivity index (χ2v) is 2.27. The van der Waals surface area contributed by atoms with Crippen LogP contribution in [0.2, 0.25) is 0 Å². The summed E-state index contributed by atoms with van der Waals surface area (Å²) >= 11 is 0. The SMILES string of the molecule is O=C([O-])C(=O)/C=C/c1ccncc1. The summed E-state index contributed by atoms with van der Waals surface area (Å²) < 4.78 is 0. The van der Waals surface area contributed by atoms with Gasteiger partial charge in [-0.3, -0.25) is 9.78 Å². The number of carbonyl (C=O) groups excluding carboxylic acids is 2. The molecule has 1 rings (SSSR count). The van der Waals surface area contributed by atoms with Gasteiger partial charge in [0, 0.05) is 12.4 Å². The first-order valence-corrected chi connectivity index (χ1v) is 3.53. The molecule has 4 heteroatoms. The maximum atomic E-state index is 10.6. The smallest absolute Gasteiger partial charge is 0.201 e. The summed E-state index contributed by atoms with van der Waals surface area (Å²) in [7, 11) is 0. The van der Waals surface area contributed by atoms with Crippen molar-refractivity contribution in [1.82, 2.24) is 4.98 Å². The summed E-state index contributed by atoms with van der Waals surface area (Å²) in [4.78, 5) is 24.3. The quantitative estimate of drug-likeness (QED) is 0.456. The Hall–Kier alpha value is -1.97. The van der Waals surface area contributed by atoms with Gasteiger partial charge in [-0.15, -0.1) is 0 Å². The number of nitrogens with zero attached hydrogens (tertiary/aromatic N) is 1. The lowest BCUT2D eigenvalue weighted by Gasteiger charge is -1.93. The highest BCUT2D eigenvalue weighted by atomic mass is 16.4. The molecule has 0 fully saturated rings. The third-order valence-electron chi connectivity index (χ3n) is 1.33. The zero-order chi connectivity index (χ0) is 9.68. The molecule has 0 aromatic carbocycles.